The fourth-order valence-corrected chi connectivity index (χ4v) is 5.30. The van der Waals surface area contributed by atoms with Crippen LogP contribution in [-0.4, -0.2) is 72.0 Å². The van der Waals surface area contributed by atoms with Gasteiger partial charge < -0.3 is 23.8 Å². The van der Waals surface area contributed by atoms with Gasteiger partial charge in [0.2, 0.25) is 0 Å². The van der Waals surface area contributed by atoms with Gasteiger partial charge in [0, 0.05) is 31.6 Å². The third-order valence-electron chi connectivity index (χ3n) is 5.42. The second-order valence-corrected chi connectivity index (χ2v) is 10.5. The maximum absolute atomic E-state index is 12.5. The zero-order valence-corrected chi connectivity index (χ0v) is 21.2. The van der Waals surface area contributed by atoms with Crippen molar-refractivity contribution in [3.05, 3.63) is 35.9 Å². The smallest absolute Gasteiger partial charge is 0.748 e. The first-order valence-electron chi connectivity index (χ1n) is 9.78. The molecule has 1 spiro atoms. The van der Waals surface area contributed by atoms with Crippen LogP contribution in [0.3, 0.4) is 0 Å². The molecular formula is C20H27N2NaO7S. The molecule has 2 aliphatic heterocycles. The fourth-order valence-electron chi connectivity index (χ4n) is 4.06. The van der Waals surface area contributed by atoms with Crippen molar-refractivity contribution in [2.75, 3.05) is 26.2 Å². The number of hydrogen-bond acceptors (Lipinski definition) is 7. The number of carbonyl (C=O) groups is 2. The summed E-state index contributed by atoms with van der Waals surface area (Å²) >= 11 is 0. The summed E-state index contributed by atoms with van der Waals surface area (Å²) in [5, 5.41) is -1.30. The summed E-state index contributed by atoms with van der Waals surface area (Å²) in [5.74, 6) is 0. The molecule has 2 fully saturated rings. The van der Waals surface area contributed by atoms with Crippen LogP contribution in [0.25, 0.3) is 0 Å². The second-order valence-electron chi connectivity index (χ2n) is 8.92. The molecule has 166 valence electrons. The van der Waals surface area contributed by atoms with Gasteiger partial charge in [0.15, 0.2) is 0 Å². The topological polar surface area (TPSA) is 116 Å². The van der Waals surface area contributed by atoms with Crippen LogP contribution in [-0.2, 0) is 26.2 Å². The van der Waals surface area contributed by atoms with Gasteiger partial charge in [0.25, 0.3) is 0 Å². The van der Waals surface area contributed by atoms with Crippen molar-refractivity contribution in [2.45, 2.75) is 44.6 Å². The summed E-state index contributed by atoms with van der Waals surface area (Å²) in [6, 6.07) is 9.09. The van der Waals surface area contributed by atoms with Gasteiger partial charge in [-0.3, -0.25) is 0 Å². The van der Waals surface area contributed by atoms with Crippen molar-refractivity contribution >= 4 is 22.3 Å². The molecule has 2 amide bonds. The van der Waals surface area contributed by atoms with E-state index in [-0.39, 0.29) is 62.3 Å². The van der Waals surface area contributed by atoms with Crippen LogP contribution in [0.15, 0.2) is 30.3 Å². The van der Waals surface area contributed by atoms with Crippen molar-refractivity contribution in [3.63, 3.8) is 0 Å². The monoisotopic (exact) mass is 462 g/mol. The molecule has 0 radical (unpaired) electrons. The minimum absolute atomic E-state index is 0. The average Bonchev–Trinajstić information content (AvgIpc) is 3.24. The normalized spacial score (nSPS) is 23.5. The molecule has 31 heavy (non-hydrogen) atoms. The number of likely N-dealkylation sites (tertiary alicyclic amines) is 2. The molecule has 2 saturated heterocycles. The molecule has 3 rings (SSSR count). The van der Waals surface area contributed by atoms with E-state index < -0.39 is 38.6 Å². The number of ether oxygens (including phenoxy) is 2. The van der Waals surface area contributed by atoms with E-state index in [2.05, 4.69) is 0 Å². The molecule has 9 nitrogen and oxygen atoms in total. The van der Waals surface area contributed by atoms with Crippen LogP contribution in [0.4, 0.5) is 9.59 Å². The minimum atomic E-state index is -4.69. The van der Waals surface area contributed by atoms with E-state index in [0.717, 1.165) is 5.56 Å². The Morgan fingerprint density at radius 3 is 2.32 bits per heavy atom. The molecule has 2 atom stereocenters. The Morgan fingerprint density at radius 2 is 1.74 bits per heavy atom. The summed E-state index contributed by atoms with van der Waals surface area (Å²) in [6.45, 7) is 5.34. The summed E-state index contributed by atoms with van der Waals surface area (Å²) in [4.78, 5) is 27.6. The van der Waals surface area contributed by atoms with Crippen LogP contribution in [0, 0.1) is 5.41 Å². The Hall–Kier alpha value is -1.33. The van der Waals surface area contributed by atoms with Gasteiger partial charge in [-0.1, -0.05) is 30.3 Å². The Bertz CT molecular complexity index is 904. The van der Waals surface area contributed by atoms with Crippen molar-refractivity contribution in [1.29, 1.82) is 0 Å². The van der Waals surface area contributed by atoms with Gasteiger partial charge in [-0.15, -0.1) is 0 Å². The Morgan fingerprint density at radius 1 is 1.13 bits per heavy atom. The number of hydrogen-bond donors (Lipinski definition) is 0. The third-order valence-corrected chi connectivity index (χ3v) is 6.77. The summed E-state index contributed by atoms with van der Waals surface area (Å²) in [5.41, 5.74) is -0.923. The van der Waals surface area contributed by atoms with E-state index in [1.54, 1.807) is 32.9 Å². The molecule has 0 saturated carbocycles. The van der Waals surface area contributed by atoms with Gasteiger partial charge in [-0.2, -0.15) is 0 Å². The molecule has 2 aliphatic rings. The van der Waals surface area contributed by atoms with E-state index in [0.29, 0.717) is 6.42 Å². The number of carbonyl (C=O) groups excluding carboxylic acids is 2. The molecule has 1 aromatic carbocycles. The van der Waals surface area contributed by atoms with Crippen LogP contribution < -0.4 is 29.6 Å². The Labute approximate surface area is 205 Å². The zero-order valence-electron chi connectivity index (χ0n) is 18.4. The molecular weight excluding hydrogens is 435 g/mol. The molecule has 2 unspecified atom stereocenters. The van der Waals surface area contributed by atoms with E-state index in [1.807, 2.05) is 18.2 Å². The molecule has 1 aromatic rings. The molecule has 0 N–H and O–H groups in total. The minimum Gasteiger partial charge on any atom is -0.748 e. The van der Waals surface area contributed by atoms with E-state index in [4.69, 9.17) is 9.47 Å². The summed E-state index contributed by atoms with van der Waals surface area (Å²) < 4.78 is 46.6. The van der Waals surface area contributed by atoms with Crippen LogP contribution in [0.1, 0.15) is 32.8 Å². The van der Waals surface area contributed by atoms with E-state index >= 15 is 0 Å². The van der Waals surface area contributed by atoms with Crippen molar-refractivity contribution in [2.24, 2.45) is 5.41 Å². The number of amides is 2. The first-order valence-corrected chi connectivity index (χ1v) is 11.3. The first kappa shape index (κ1) is 25.9. The number of benzene rings is 1. The molecule has 0 aliphatic carbocycles. The van der Waals surface area contributed by atoms with Crippen LogP contribution in [0.2, 0.25) is 0 Å². The quantitative estimate of drug-likeness (QED) is 0.426. The Kier molecular flexibility index (Phi) is 8.08. The average molecular weight is 463 g/mol. The largest absolute Gasteiger partial charge is 1.00 e. The first-order chi connectivity index (χ1) is 13.9. The van der Waals surface area contributed by atoms with E-state index in [1.165, 1.54) is 9.80 Å². The number of rotatable bonds is 3. The SMILES string of the molecule is CC(C)(C)OC(=O)N1CCC2(CN(C(=O)OCc3ccccc3)CC2S(=O)(=O)[O-])C1.[Na+]. The molecule has 0 bridgehead atoms. The van der Waals surface area contributed by atoms with E-state index in [9.17, 15) is 22.6 Å². The maximum Gasteiger partial charge on any atom is 1.00 e. The summed E-state index contributed by atoms with van der Waals surface area (Å²) in [6.07, 6.45) is -0.951. The second kappa shape index (κ2) is 9.66. The van der Waals surface area contributed by atoms with Crippen LogP contribution >= 0.6 is 0 Å². The van der Waals surface area contributed by atoms with Crippen molar-refractivity contribution < 1.29 is 61.6 Å². The Balaban J connectivity index is 0.00000341. The van der Waals surface area contributed by atoms with Crippen molar-refractivity contribution in [3.8, 4) is 0 Å². The van der Waals surface area contributed by atoms with Crippen molar-refractivity contribution in [1.82, 2.24) is 9.80 Å². The predicted molar refractivity (Wildman–Crippen MR) is 107 cm³/mol. The predicted octanol–water partition coefficient (Wildman–Crippen LogP) is -0.816. The molecule has 2 heterocycles. The standard InChI is InChI=1S/C20H28N2O7S.Na/c1-19(2,3)29-18(24)21-10-9-20(13-21)14-22(11-16(20)30(25,26)27)17(23)28-12-15-7-5-4-6-8-15;/h4-8,16H,9-14H2,1-3H3,(H,25,26,27);/q;+1/p-1. The molecule has 0 aromatic heterocycles. The summed E-state index contributed by atoms with van der Waals surface area (Å²) in [7, 11) is -4.69. The number of nitrogens with zero attached hydrogens (tertiary/aromatic N) is 2. The van der Waals surface area contributed by atoms with Gasteiger partial charge in [0.1, 0.15) is 12.2 Å². The third kappa shape index (κ3) is 6.35. The fraction of sp³-hybridized carbons (Fsp3) is 0.600. The van der Waals surface area contributed by atoms with Gasteiger partial charge in [-0.05, 0) is 32.8 Å². The van der Waals surface area contributed by atoms with Gasteiger partial charge in [-0.25, -0.2) is 18.0 Å². The molecule has 11 heteroatoms. The van der Waals surface area contributed by atoms with Crippen LogP contribution in [0.5, 0.6) is 0 Å². The zero-order chi connectivity index (χ0) is 22.2. The maximum atomic E-state index is 12.5. The van der Waals surface area contributed by atoms with Gasteiger partial charge >= 0.3 is 41.7 Å². The van der Waals surface area contributed by atoms with Gasteiger partial charge in [0.05, 0.1) is 15.4 Å².